The van der Waals surface area contributed by atoms with Crippen molar-refractivity contribution in [1.82, 2.24) is 4.90 Å². The maximum atomic E-state index is 13.1. The summed E-state index contributed by atoms with van der Waals surface area (Å²) in [5.74, 6) is -0.425. The summed E-state index contributed by atoms with van der Waals surface area (Å²) >= 11 is 1.35. The molecule has 1 N–H and O–H groups in total. The van der Waals surface area contributed by atoms with Crippen LogP contribution in [0.25, 0.3) is 6.08 Å². The zero-order valence-corrected chi connectivity index (χ0v) is 21.2. The van der Waals surface area contributed by atoms with Gasteiger partial charge >= 0.3 is 5.97 Å². The van der Waals surface area contributed by atoms with Crippen molar-refractivity contribution in [2.75, 3.05) is 25.5 Å². The van der Waals surface area contributed by atoms with Gasteiger partial charge in [0.2, 0.25) is 0 Å². The topological polar surface area (TPSA) is 82.4 Å². The number of thioether (sulfide) groups is 1. The van der Waals surface area contributed by atoms with Gasteiger partial charge in [0.25, 0.3) is 5.91 Å². The molecule has 0 unspecified atom stereocenters. The first-order valence-corrected chi connectivity index (χ1v) is 12.3. The maximum absolute atomic E-state index is 13.1. The molecule has 3 aromatic carbocycles. The number of anilines is 1. The van der Waals surface area contributed by atoms with Crippen LogP contribution in [0.2, 0.25) is 0 Å². The highest BCUT2D eigenvalue weighted by atomic mass is 32.2. The van der Waals surface area contributed by atoms with E-state index in [1.54, 1.807) is 29.2 Å². The highest BCUT2D eigenvalue weighted by molar-refractivity contribution is 8.18. The molecule has 0 spiro atoms. The van der Waals surface area contributed by atoms with Crippen molar-refractivity contribution < 1.29 is 19.4 Å². The lowest BCUT2D eigenvalue weighted by Crippen LogP contribution is -2.28. The van der Waals surface area contributed by atoms with E-state index in [0.29, 0.717) is 22.4 Å². The molecular weight excluding hydrogens is 474 g/mol. The Kier molecular flexibility index (Phi) is 7.75. The standard InChI is InChI=1S/C28H27N3O4S/c1-4-31-26(32)25(36-28(31)29-22-13-15-23(16-14-22)30(2)3)17-21-7-5-6-8-24(21)35-18-19-9-11-20(12-10-19)27(33)34/h5-17H,4,18H2,1-3H3,(H,33,34)/b25-17-,29-28?. The first-order chi connectivity index (χ1) is 17.4. The largest absolute Gasteiger partial charge is 0.488 e. The smallest absolute Gasteiger partial charge is 0.335 e. The molecule has 0 aromatic heterocycles. The van der Waals surface area contributed by atoms with E-state index in [0.717, 1.165) is 22.5 Å². The lowest BCUT2D eigenvalue weighted by atomic mass is 10.1. The number of amides is 1. The minimum Gasteiger partial charge on any atom is -0.488 e. The average Bonchev–Trinajstić information content (AvgIpc) is 3.17. The number of aliphatic imine (C=N–C) groups is 1. The Morgan fingerprint density at radius 3 is 2.39 bits per heavy atom. The number of nitrogens with zero attached hydrogens (tertiary/aromatic N) is 3. The molecule has 0 aliphatic carbocycles. The van der Waals surface area contributed by atoms with Gasteiger partial charge in [-0.3, -0.25) is 9.69 Å². The van der Waals surface area contributed by atoms with E-state index >= 15 is 0 Å². The number of carbonyl (C=O) groups excluding carboxylic acids is 1. The van der Waals surface area contributed by atoms with Gasteiger partial charge in [-0.2, -0.15) is 0 Å². The van der Waals surface area contributed by atoms with Crippen LogP contribution in [0, 0.1) is 0 Å². The number of rotatable bonds is 8. The van der Waals surface area contributed by atoms with Crippen LogP contribution in [0.5, 0.6) is 5.75 Å². The number of carboxylic acid groups (broad SMARTS) is 1. The Morgan fingerprint density at radius 2 is 1.75 bits per heavy atom. The molecule has 0 radical (unpaired) electrons. The van der Waals surface area contributed by atoms with E-state index in [4.69, 9.17) is 14.8 Å². The molecule has 0 saturated carbocycles. The minimum atomic E-state index is -0.965. The van der Waals surface area contributed by atoms with E-state index in [1.807, 2.05) is 80.5 Å². The van der Waals surface area contributed by atoms with Gasteiger partial charge in [-0.25, -0.2) is 9.79 Å². The van der Waals surface area contributed by atoms with Crippen molar-refractivity contribution in [3.8, 4) is 5.75 Å². The van der Waals surface area contributed by atoms with Crippen LogP contribution in [0.15, 0.2) is 82.7 Å². The lowest BCUT2D eigenvalue weighted by Gasteiger charge is -2.13. The quantitative estimate of drug-likeness (QED) is 0.402. The van der Waals surface area contributed by atoms with Gasteiger partial charge in [-0.15, -0.1) is 0 Å². The number of hydrogen-bond acceptors (Lipinski definition) is 6. The number of benzene rings is 3. The maximum Gasteiger partial charge on any atom is 0.335 e. The van der Waals surface area contributed by atoms with Crippen molar-refractivity contribution in [1.29, 1.82) is 0 Å². The first kappa shape index (κ1) is 25.1. The van der Waals surface area contributed by atoms with Gasteiger partial charge in [-0.05, 0) is 72.8 Å². The number of amidine groups is 1. The predicted octanol–water partition coefficient (Wildman–Crippen LogP) is 5.65. The summed E-state index contributed by atoms with van der Waals surface area (Å²) in [6.45, 7) is 2.72. The van der Waals surface area contributed by atoms with E-state index < -0.39 is 5.97 Å². The number of carbonyl (C=O) groups is 2. The van der Waals surface area contributed by atoms with Crippen LogP contribution in [0.3, 0.4) is 0 Å². The number of aromatic carboxylic acids is 1. The van der Waals surface area contributed by atoms with Crippen molar-refractivity contribution >= 4 is 46.3 Å². The third-order valence-electron chi connectivity index (χ3n) is 5.60. The Morgan fingerprint density at radius 1 is 1.06 bits per heavy atom. The second-order valence-corrected chi connectivity index (χ2v) is 9.30. The number of likely N-dealkylation sites (N-methyl/N-ethyl adjacent to an activating group) is 1. The molecule has 0 bridgehead atoms. The summed E-state index contributed by atoms with van der Waals surface area (Å²) < 4.78 is 6.01. The Balaban J connectivity index is 1.54. The van der Waals surface area contributed by atoms with Gasteiger partial charge < -0.3 is 14.7 Å². The normalized spacial score (nSPS) is 15.5. The monoisotopic (exact) mass is 501 g/mol. The van der Waals surface area contributed by atoms with E-state index in [9.17, 15) is 9.59 Å². The highest BCUT2D eigenvalue weighted by Crippen LogP contribution is 2.35. The number of hydrogen-bond donors (Lipinski definition) is 1. The molecule has 1 aliphatic heterocycles. The van der Waals surface area contributed by atoms with Crippen LogP contribution in [-0.4, -0.2) is 47.7 Å². The molecule has 3 aromatic rings. The molecule has 4 rings (SSSR count). The van der Waals surface area contributed by atoms with Crippen LogP contribution < -0.4 is 9.64 Å². The number of para-hydroxylation sites is 1. The van der Waals surface area contributed by atoms with Crippen LogP contribution in [-0.2, 0) is 11.4 Å². The molecule has 184 valence electrons. The summed E-state index contributed by atoms with van der Waals surface area (Å²) in [5.41, 5.74) is 3.72. The fourth-order valence-corrected chi connectivity index (χ4v) is 4.64. The fraction of sp³-hybridized carbons (Fsp3) is 0.179. The molecule has 1 saturated heterocycles. The zero-order chi connectivity index (χ0) is 25.7. The Labute approximate surface area is 214 Å². The van der Waals surface area contributed by atoms with Gasteiger partial charge in [-0.1, -0.05) is 30.3 Å². The first-order valence-electron chi connectivity index (χ1n) is 11.5. The summed E-state index contributed by atoms with van der Waals surface area (Å²) in [5, 5.41) is 9.71. The summed E-state index contributed by atoms with van der Waals surface area (Å²) in [7, 11) is 3.97. The molecule has 1 amide bonds. The van der Waals surface area contributed by atoms with Gasteiger partial charge in [0.15, 0.2) is 5.17 Å². The highest BCUT2D eigenvalue weighted by Gasteiger charge is 2.32. The third kappa shape index (κ3) is 5.78. The SMILES string of the molecule is CCN1C(=O)/C(=C/c2ccccc2OCc2ccc(C(=O)O)cc2)SC1=Nc1ccc(N(C)C)cc1. The van der Waals surface area contributed by atoms with Gasteiger partial charge in [0.1, 0.15) is 12.4 Å². The van der Waals surface area contributed by atoms with Crippen LogP contribution in [0.4, 0.5) is 11.4 Å². The molecule has 0 atom stereocenters. The Bertz CT molecular complexity index is 1320. The Hall–Kier alpha value is -4.04. The summed E-state index contributed by atoms with van der Waals surface area (Å²) in [6.07, 6.45) is 1.83. The predicted molar refractivity (Wildman–Crippen MR) is 145 cm³/mol. The molecule has 36 heavy (non-hydrogen) atoms. The molecule has 1 aliphatic rings. The number of carboxylic acids is 1. The number of ether oxygens (including phenoxy) is 1. The second kappa shape index (κ2) is 11.1. The molecule has 1 heterocycles. The van der Waals surface area contributed by atoms with E-state index in [1.165, 1.54) is 11.8 Å². The summed E-state index contributed by atoms with van der Waals surface area (Å²) in [6, 6.07) is 21.9. The van der Waals surface area contributed by atoms with E-state index in [-0.39, 0.29) is 18.1 Å². The van der Waals surface area contributed by atoms with Gasteiger partial charge in [0.05, 0.1) is 16.2 Å². The molecule has 7 nitrogen and oxygen atoms in total. The molecular formula is C28H27N3O4S. The fourth-order valence-electron chi connectivity index (χ4n) is 3.58. The third-order valence-corrected chi connectivity index (χ3v) is 6.60. The summed E-state index contributed by atoms with van der Waals surface area (Å²) in [4.78, 5) is 33.2. The molecule has 1 fully saturated rings. The van der Waals surface area contributed by atoms with Crippen molar-refractivity contribution in [3.63, 3.8) is 0 Å². The second-order valence-electron chi connectivity index (χ2n) is 8.29. The average molecular weight is 502 g/mol. The van der Waals surface area contributed by atoms with Crippen LogP contribution >= 0.6 is 11.8 Å². The zero-order valence-electron chi connectivity index (χ0n) is 20.3. The van der Waals surface area contributed by atoms with Crippen molar-refractivity contribution in [2.24, 2.45) is 4.99 Å². The van der Waals surface area contributed by atoms with E-state index in [2.05, 4.69) is 0 Å². The van der Waals surface area contributed by atoms with Crippen molar-refractivity contribution in [3.05, 3.63) is 94.4 Å². The lowest BCUT2D eigenvalue weighted by molar-refractivity contribution is -0.122. The minimum absolute atomic E-state index is 0.0924. The van der Waals surface area contributed by atoms with Crippen molar-refractivity contribution in [2.45, 2.75) is 13.5 Å². The molecule has 8 heteroatoms. The van der Waals surface area contributed by atoms with Gasteiger partial charge in [0, 0.05) is 31.9 Å². The van der Waals surface area contributed by atoms with Crippen LogP contribution in [0.1, 0.15) is 28.4 Å².